The third kappa shape index (κ3) is 4.65. The molecule has 11 nitrogen and oxygen atoms in total. The molecular formula is C28H23N5O6. The molecule has 1 amide bonds. The van der Waals surface area contributed by atoms with Crippen LogP contribution < -0.4 is 26.0 Å². The molecule has 0 bridgehead atoms. The highest BCUT2D eigenvalue weighted by Crippen LogP contribution is 2.34. The van der Waals surface area contributed by atoms with Gasteiger partial charge < -0.3 is 19.3 Å². The van der Waals surface area contributed by atoms with Crippen LogP contribution in [-0.2, 0) is 24.3 Å². The first-order chi connectivity index (χ1) is 19.0. The van der Waals surface area contributed by atoms with E-state index in [4.69, 9.17) is 14.0 Å². The van der Waals surface area contributed by atoms with Crippen molar-refractivity contribution in [2.45, 2.75) is 26.4 Å². The largest absolute Gasteiger partial charge is 0.454 e. The molecule has 5 aromatic rings. The zero-order valence-electron chi connectivity index (χ0n) is 20.9. The van der Waals surface area contributed by atoms with E-state index < -0.39 is 17.2 Å². The van der Waals surface area contributed by atoms with Gasteiger partial charge in [0.05, 0.1) is 10.9 Å². The van der Waals surface area contributed by atoms with Gasteiger partial charge in [-0.15, -0.1) is 0 Å². The Morgan fingerprint density at radius 1 is 0.974 bits per heavy atom. The van der Waals surface area contributed by atoms with Gasteiger partial charge in [-0.05, 0) is 30.2 Å². The summed E-state index contributed by atoms with van der Waals surface area (Å²) in [7, 11) is 0. The van der Waals surface area contributed by atoms with Crippen LogP contribution in [0.25, 0.3) is 22.3 Å². The minimum absolute atomic E-state index is 0.0113. The predicted molar refractivity (Wildman–Crippen MR) is 142 cm³/mol. The van der Waals surface area contributed by atoms with E-state index in [1.165, 1.54) is 16.7 Å². The van der Waals surface area contributed by atoms with E-state index in [2.05, 4.69) is 15.5 Å². The van der Waals surface area contributed by atoms with E-state index in [0.29, 0.717) is 23.0 Å². The number of nitrogens with zero attached hydrogens (tertiary/aromatic N) is 4. The van der Waals surface area contributed by atoms with E-state index in [9.17, 15) is 14.4 Å². The first kappa shape index (κ1) is 24.2. The van der Waals surface area contributed by atoms with Gasteiger partial charge in [-0.1, -0.05) is 54.5 Å². The Kier molecular flexibility index (Phi) is 6.16. The molecule has 0 saturated carbocycles. The normalized spacial score (nSPS) is 12.1. The van der Waals surface area contributed by atoms with Crippen molar-refractivity contribution in [2.24, 2.45) is 0 Å². The lowest BCUT2D eigenvalue weighted by Crippen LogP contribution is -2.42. The summed E-state index contributed by atoms with van der Waals surface area (Å²) in [5.41, 5.74) is 1.42. The summed E-state index contributed by atoms with van der Waals surface area (Å²) in [4.78, 5) is 44.5. The zero-order valence-corrected chi connectivity index (χ0v) is 20.9. The number of anilines is 1. The molecule has 11 heteroatoms. The molecule has 0 radical (unpaired) electrons. The van der Waals surface area contributed by atoms with Crippen molar-refractivity contribution in [3.05, 3.63) is 99.0 Å². The fourth-order valence-electron chi connectivity index (χ4n) is 4.43. The third-order valence-corrected chi connectivity index (χ3v) is 6.46. The van der Waals surface area contributed by atoms with Gasteiger partial charge in [-0.2, -0.15) is 4.98 Å². The number of nitrogens with one attached hydrogen (secondary N) is 1. The summed E-state index contributed by atoms with van der Waals surface area (Å²) in [5.74, 6) is 0.722. The molecule has 2 aromatic heterocycles. The van der Waals surface area contributed by atoms with Crippen molar-refractivity contribution in [2.75, 3.05) is 12.1 Å². The summed E-state index contributed by atoms with van der Waals surface area (Å²) >= 11 is 0. The van der Waals surface area contributed by atoms with Crippen LogP contribution >= 0.6 is 0 Å². The quantitative estimate of drug-likeness (QED) is 0.343. The van der Waals surface area contributed by atoms with Crippen LogP contribution in [0.4, 0.5) is 5.69 Å². The average Bonchev–Trinajstić information content (AvgIpc) is 3.63. The maximum atomic E-state index is 13.6. The van der Waals surface area contributed by atoms with Gasteiger partial charge in [0.1, 0.15) is 13.1 Å². The number of benzene rings is 3. The second kappa shape index (κ2) is 9.93. The SMILES string of the molecule is CCc1ccc(NC(=O)Cn2c(=O)n(Cc3nc(-c4ccccc4)no3)c(=O)c3cc4c(cc32)OCO4)cc1. The summed E-state index contributed by atoms with van der Waals surface area (Å²) < 4.78 is 18.4. The van der Waals surface area contributed by atoms with Crippen molar-refractivity contribution in [3.8, 4) is 22.9 Å². The molecule has 0 fully saturated rings. The van der Waals surface area contributed by atoms with E-state index in [1.807, 2.05) is 49.4 Å². The van der Waals surface area contributed by atoms with Crippen LogP contribution in [0.15, 0.2) is 80.8 Å². The van der Waals surface area contributed by atoms with Gasteiger partial charge in [0.2, 0.25) is 24.4 Å². The van der Waals surface area contributed by atoms with Crippen LogP contribution in [0.1, 0.15) is 18.4 Å². The van der Waals surface area contributed by atoms with Crippen molar-refractivity contribution >= 4 is 22.5 Å². The molecular weight excluding hydrogens is 502 g/mol. The Balaban J connectivity index is 1.39. The first-order valence-corrected chi connectivity index (χ1v) is 12.3. The summed E-state index contributed by atoms with van der Waals surface area (Å²) in [6.07, 6.45) is 0.875. The Hall–Kier alpha value is -5.19. The summed E-state index contributed by atoms with van der Waals surface area (Å²) in [6, 6.07) is 19.7. The number of rotatable bonds is 7. The standard InChI is InChI=1S/C28H23N5O6/c1-2-17-8-10-19(11-9-17)29-24(34)14-32-21-13-23-22(37-16-38-23)12-20(21)27(35)33(28(32)36)15-25-30-26(31-39-25)18-6-4-3-5-7-18/h3-13H,2,14-16H2,1H3,(H,29,34). The molecule has 0 unspecified atom stereocenters. The van der Waals surface area contributed by atoms with E-state index in [-0.39, 0.29) is 36.7 Å². The highest BCUT2D eigenvalue weighted by Gasteiger charge is 2.22. The molecule has 196 valence electrons. The molecule has 0 aliphatic carbocycles. The first-order valence-electron chi connectivity index (χ1n) is 12.3. The molecule has 3 aromatic carbocycles. The molecule has 0 atom stereocenters. The highest BCUT2D eigenvalue weighted by atomic mass is 16.7. The molecule has 0 saturated heterocycles. The van der Waals surface area contributed by atoms with Crippen LogP contribution in [0.2, 0.25) is 0 Å². The molecule has 3 heterocycles. The zero-order chi connectivity index (χ0) is 26.9. The van der Waals surface area contributed by atoms with E-state index >= 15 is 0 Å². The minimum Gasteiger partial charge on any atom is -0.454 e. The van der Waals surface area contributed by atoms with Crippen molar-refractivity contribution in [1.82, 2.24) is 19.3 Å². The molecule has 1 N–H and O–H groups in total. The predicted octanol–water partition coefficient (Wildman–Crippen LogP) is 3.19. The van der Waals surface area contributed by atoms with Crippen LogP contribution in [0.3, 0.4) is 0 Å². The fourth-order valence-corrected chi connectivity index (χ4v) is 4.43. The minimum atomic E-state index is -0.706. The third-order valence-electron chi connectivity index (χ3n) is 6.46. The van der Waals surface area contributed by atoms with Gasteiger partial charge in [0.15, 0.2) is 11.5 Å². The lowest BCUT2D eigenvalue weighted by molar-refractivity contribution is -0.116. The monoisotopic (exact) mass is 525 g/mol. The summed E-state index contributed by atoms with van der Waals surface area (Å²) in [5, 5.41) is 6.96. The molecule has 0 spiro atoms. The number of hydrogen-bond donors (Lipinski definition) is 1. The van der Waals surface area contributed by atoms with E-state index in [0.717, 1.165) is 22.1 Å². The second-order valence-electron chi connectivity index (χ2n) is 8.96. The number of aryl methyl sites for hydroxylation is 1. The summed E-state index contributed by atoms with van der Waals surface area (Å²) in [6.45, 7) is 1.41. The smallest absolute Gasteiger partial charge is 0.332 e. The number of ether oxygens (including phenoxy) is 2. The van der Waals surface area contributed by atoms with Crippen molar-refractivity contribution in [1.29, 1.82) is 0 Å². The van der Waals surface area contributed by atoms with Crippen molar-refractivity contribution in [3.63, 3.8) is 0 Å². The Bertz CT molecular complexity index is 1810. The van der Waals surface area contributed by atoms with Gasteiger partial charge in [0.25, 0.3) is 5.56 Å². The Morgan fingerprint density at radius 2 is 1.72 bits per heavy atom. The highest BCUT2D eigenvalue weighted by molar-refractivity contribution is 5.92. The van der Waals surface area contributed by atoms with Gasteiger partial charge in [-0.25, -0.2) is 4.79 Å². The topological polar surface area (TPSA) is 130 Å². The van der Waals surface area contributed by atoms with Crippen LogP contribution in [-0.4, -0.2) is 32.0 Å². The molecule has 39 heavy (non-hydrogen) atoms. The number of carbonyl (C=O) groups excluding carboxylic acids is 1. The Morgan fingerprint density at radius 3 is 2.46 bits per heavy atom. The number of fused-ring (bicyclic) bond motifs is 2. The number of carbonyl (C=O) groups is 1. The molecule has 6 rings (SSSR count). The molecule has 1 aliphatic rings. The second-order valence-corrected chi connectivity index (χ2v) is 8.96. The molecule has 1 aliphatic heterocycles. The number of amides is 1. The van der Waals surface area contributed by atoms with Gasteiger partial charge in [-0.3, -0.25) is 18.7 Å². The van der Waals surface area contributed by atoms with Crippen LogP contribution in [0, 0.1) is 0 Å². The lowest BCUT2D eigenvalue weighted by Gasteiger charge is -2.14. The lowest BCUT2D eigenvalue weighted by atomic mass is 10.1. The van der Waals surface area contributed by atoms with Crippen LogP contribution in [0.5, 0.6) is 11.5 Å². The fraction of sp³-hybridized carbons (Fsp3) is 0.179. The van der Waals surface area contributed by atoms with Gasteiger partial charge in [0, 0.05) is 17.3 Å². The Labute approximate surface area is 221 Å². The van der Waals surface area contributed by atoms with E-state index in [1.54, 1.807) is 12.1 Å². The number of hydrogen-bond acceptors (Lipinski definition) is 8. The maximum absolute atomic E-state index is 13.6. The average molecular weight is 526 g/mol. The van der Waals surface area contributed by atoms with Gasteiger partial charge >= 0.3 is 5.69 Å². The maximum Gasteiger partial charge on any atom is 0.332 e. The van der Waals surface area contributed by atoms with Crippen molar-refractivity contribution < 1.29 is 18.8 Å². The number of aromatic nitrogens is 4.